The van der Waals surface area contributed by atoms with Crippen LogP contribution in [0.25, 0.3) is 0 Å². The highest BCUT2D eigenvalue weighted by Crippen LogP contribution is 2.24. The maximum absolute atomic E-state index is 12.3. The van der Waals surface area contributed by atoms with Gasteiger partial charge in [0, 0.05) is 0 Å². The second kappa shape index (κ2) is 5.53. The predicted molar refractivity (Wildman–Crippen MR) is 83.7 cm³/mol. The molecule has 7 heteroatoms. The number of carbonyl (C=O) groups excluding carboxylic acids is 3. The molecule has 0 spiro atoms. The van der Waals surface area contributed by atoms with Gasteiger partial charge in [0.1, 0.15) is 11.9 Å². The molecule has 1 unspecified atom stereocenters. The summed E-state index contributed by atoms with van der Waals surface area (Å²) in [5.41, 5.74) is 6.61. The molecule has 1 aromatic heterocycles. The van der Waals surface area contributed by atoms with Gasteiger partial charge >= 0.3 is 0 Å². The van der Waals surface area contributed by atoms with Crippen molar-refractivity contribution in [3.63, 3.8) is 0 Å². The van der Waals surface area contributed by atoms with Gasteiger partial charge < -0.3 is 11.1 Å². The number of aromatic nitrogens is 1. The molecule has 1 atom stereocenters. The first-order valence-corrected chi connectivity index (χ1v) is 6.98. The fourth-order valence-corrected chi connectivity index (χ4v) is 2.39. The molecule has 0 saturated heterocycles. The largest absolute Gasteiger partial charge is 0.397 e. The van der Waals surface area contributed by atoms with Gasteiger partial charge in [-0.2, -0.15) is 0 Å². The van der Waals surface area contributed by atoms with E-state index in [4.69, 9.17) is 5.73 Å². The number of imide groups is 1. The topological polar surface area (TPSA) is 105 Å². The summed E-state index contributed by atoms with van der Waals surface area (Å²) in [4.78, 5) is 41.9. The van der Waals surface area contributed by atoms with Gasteiger partial charge in [0.2, 0.25) is 5.91 Å². The van der Waals surface area contributed by atoms with Crippen LogP contribution in [-0.2, 0) is 4.79 Å². The van der Waals surface area contributed by atoms with Gasteiger partial charge in [-0.1, -0.05) is 12.1 Å². The minimum absolute atomic E-state index is 0.299. The summed E-state index contributed by atoms with van der Waals surface area (Å²) in [6, 6.07) is 8.68. The molecule has 1 aromatic carbocycles. The zero-order chi connectivity index (χ0) is 16.6. The molecule has 23 heavy (non-hydrogen) atoms. The monoisotopic (exact) mass is 310 g/mol. The van der Waals surface area contributed by atoms with E-state index in [9.17, 15) is 14.4 Å². The van der Waals surface area contributed by atoms with E-state index in [-0.39, 0.29) is 0 Å². The predicted octanol–water partition coefficient (Wildman–Crippen LogP) is 1.29. The van der Waals surface area contributed by atoms with Crippen LogP contribution in [0.3, 0.4) is 0 Å². The molecule has 0 bridgehead atoms. The minimum atomic E-state index is -0.957. The van der Waals surface area contributed by atoms with Crippen molar-refractivity contribution < 1.29 is 14.4 Å². The lowest BCUT2D eigenvalue weighted by Gasteiger charge is -2.21. The number of nitrogens with two attached hydrogens (primary N) is 1. The van der Waals surface area contributed by atoms with Crippen molar-refractivity contribution in [3.05, 3.63) is 53.7 Å². The third-order valence-electron chi connectivity index (χ3n) is 3.63. The van der Waals surface area contributed by atoms with E-state index in [0.29, 0.717) is 22.6 Å². The molecule has 2 heterocycles. The summed E-state index contributed by atoms with van der Waals surface area (Å²) >= 11 is 0. The summed E-state index contributed by atoms with van der Waals surface area (Å²) in [7, 11) is 0. The third kappa shape index (κ3) is 2.52. The van der Waals surface area contributed by atoms with Crippen LogP contribution in [0.1, 0.15) is 27.6 Å². The number of anilines is 2. The van der Waals surface area contributed by atoms with Crippen LogP contribution in [0.4, 0.5) is 11.5 Å². The number of amides is 3. The van der Waals surface area contributed by atoms with E-state index in [1.165, 1.54) is 13.1 Å². The van der Waals surface area contributed by atoms with E-state index in [2.05, 4.69) is 10.3 Å². The number of carbonyl (C=O) groups is 3. The van der Waals surface area contributed by atoms with Crippen molar-refractivity contribution in [1.29, 1.82) is 0 Å². The molecule has 0 aliphatic carbocycles. The highest BCUT2D eigenvalue weighted by molar-refractivity contribution is 6.23. The van der Waals surface area contributed by atoms with Gasteiger partial charge in [-0.3, -0.25) is 19.3 Å². The standard InChI is InChI=1S/C16H14N4O3/c1-9(14(21)19-13-7-6-10(17)8-18-13)20-15(22)11-4-2-3-5-12(11)16(20)23/h2-9H,17H2,1H3,(H,18,19,21). The Kier molecular flexibility index (Phi) is 3.53. The lowest BCUT2D eigenvalue weighted by Crippen LogP contribution is -2.45. The minimum Gasteiger partial charge on any atom is -0.397 e. The smallest absolute Gasteiger partial charge is 0.262 e. The molecule has 0 radical (unpaired) electrons. The van der Waals surface area contributed by atoms with Crippen molar-refractivity contribution >= 4 is 29.2 Å². The van der Waals surface area contributed by atoms with E-state index >= 15 is 0 Å². The van der Waals surface area contributed by atoms with Crippen molar-refractivity contribution in [2.45, 2.75) is 13.0 Å². The normalized spacial score (nSPS) is 14.6. The fourth-order valence-electron chi connectivity index (χ4n) is 2.39. The molecule has 0 saturated carbocycles. The Hall–Kier alpha value is -3.22. The Morgan fingerprint density at radius 1 is 1.13 bits per heavy atom. The average Bonchev–Trinajstić information content (AvgIpc) is 2.81. The number of hydrogen-bond acceptors (Lipinski definition) is 5. The Bertz CT molecular complexity index is 766. The van der Waals surface area contributed by atoms with Crippen molar-refractivity contribution in [3.8, 4) is 0 Å². The molecule has 3 amide bonds. The van der Waals surface area contributed by atoms with Crippen molar-refractivity contribution in [2.75, 3.05) is 11.1 Å². The number of rotatable bonds is 3. The lowest BCUT2D eigenvalue weighted by molar-refractivity contribution is -0.119. The fraction of sp³-hybridized carbons (Fsp3) is 0.125. The van der Waals surface area contributed by atoms with Gasteiger partial charge in [0.15, 0.2) is 0 Å². The Morgan fingerprint density at radius 3 is 2.26 bits per heavy atom. The third-order valence-corrected chi connectivity index (χ3v) is 3.63. The van der Waals surface area contributed by atoms with E-state index in [1.54, 1.807) is 36.4 Å². The maximum atomic E-state index is 12.3. The van der Waals surface area contributed by atoms with Crippen LogP contribution in [-0.4, -0.2) is 33.6 Å². The summed E-state index contributed by atoms with van der Waals surface area (Å²) in [6.45, 7) is 1.49. The first-order valence-electron chi connectivity index (χ1n) is 6.98. The molecule has 7 nitrogen and oxygen atoms in total. The molecule has 0 fully saturated rings. The Morgan fingerprint density at radius 2 is 1.74 bits per heavy atom. The highest BCUT2D eigenvalue weighted by atomic mass is 16.2. The number of nitrogens with one attached hydrogen (secondary N) is 1. The zero-order valence-electron chi connectivity index (χ0n) is 12.3. The first kappa shape index (κ1) is 14.7. The average molecular weight is 310 g/mol. The van der Waals surface area contributed by atoms with Gasteiger partial charge in [0.25, 0.3) is 11.8 Å². The Balaban J connectivity index is 1.79. The summed E-state index contributed by atoms with van der Waals surface area (Å²) in [5.74, 6) is -1.15. The van der Waals surface area contributed by atoms with E-state index in [0.717, 1.165) is 4.90 Å². The number of hydrogen-bond donors (Lipinski definition) is 2. The Labute approximate surface area is 132 Å². The van der Waals surface area contributed by atoms with Crippen molar-refractivity contribution in [2.24, 2.45) is 0 Å². The molecule has 1 aliphatic heterocycles. The van der Waals surface area contributed by atoms with Crippen LogP contribution in [0.2, 0.25) is 0 Å². The van der Waals surface area contributed by atoms with Crippen LogP contribution >= 0.6 is 0 Å². The molecular weight excluding hydrogens is 296 g/mol. The zero-order valence-corrected chi connectivity index (χ0v) is 12.3. The summed E-state index contributed by atoms with van der Waals surface area (Å²) in [6.07, 6.45) is 1.41. The first-order chi connectivity index (χ1) is 11.0. The van der Waals surface area contributed by atoms with Crippen LogP contribution in [0.15, 0.2) is 42.6 Å². The van der Waals surface area contributed by atoms with Gasteiger partial charge in [0.05, 0.1) is 23.0 Å². The SMILES string of the molecule is CC(C(=O)Nc1ccc(N)cn1)N1C(=O)c2ccccc2C1=O. The van der Waals surface area contributed by atoms with Crippen LogP contribution < -0.4 is 11.1 Å². The van der Waals surface area contributed by atoms with Crippen LogP contribution in [0.5, 0.6) is 0 Å². The maximum Gasteiger partial charge on any atom is 0.262 e. The quantitative estimate of drug-likeness (QED) is 0.831. The molecule has 2 aromatic rings. The van der Waals surface area contributed by atoms with Crippen molar-refractivity contribution in [1.82, 2.24) is 9.88 Å². The lowest BCUT2D eigenvalue weighted by atomic mass is 10.1. The number of nitrogen functional groups attached to an aromatic ring is 1. The number of nitrogens with zero attached hydrogens (tertiary/aromatic N) is 2. The summed E-state index contributed by atoms with van der Waals surface area (Å²) in [5, 5.41) is 2.56. The molecule has 3 rings (SSSR count). The molecule has 1 aliphatic rings. The van der Waals surface area contributed by atoms with Gasteiger partial charge in [-0.15, -0.1) is 0 Å². The molecule has 116 valence electrons. The van der Waals surface area contributed by atoms with Gasteiger partial charge in [-0.05, 0) is 31.2 Å². The second-order valence-corrected chi connectivity index (χ2v) is 5.17. The highest BCUT2D eigenvalue weighted by Gasteiger charge is 2.40. The molecule has 3 N–H and O–H groups in total. The van der Waals surface area contributed by atoms with Crippen LogP contribution in [0, 0.1) is 0 Å². The number of pyridine rings is 1. The number of benzene rings is 1. The van der Waals surface area contributed by atoms with Gasteiger partial charge in [-0.25, -0.2) is 4.98 Å². The van der Waals surface area contributed by atoms with E-state index in [1.807, 2.05) is 0 Å². The summed E-state index contributed by atoms with van der Waals surface area (Å²) < 4.78 is 0. The number of fused-ring (bicyclic) bond motifs is 1. The van der Waals surface area contributed by atoms with E-state index < -0.39 is 23.8 Å². The second-order valence-electron chi connectivity index (χ2n) is 5.17. The molecular formula is C16H14N4O3.